The zero-order chi connectivity index (χ0) is 13.2. The van der Waals surface area contributed by atoms with Crippen LogP contribution in [0.1, 0.15) is 26.3 Å². The second-order valence-electron chi connectivity index (χ2n) is 5.43. The van der Waals surface area contributed by atoms with Crippen molar-refractivity contribution in [2.24, 2.45) is 0 Å². The molecule has 0 amide bonds. The normalized spacial score (nSPS) is 12.3. The van der Waals surface area contributed by atoms with Gasteiger partial charge in [-0.3, -0.25) is 0 Å². The average molecular weight is 257 g/mol. The van der Waals surface area contributed by atoms with Crippen molar-refractivity contribution in [1.29, 1.82) is 0 Å². The van der Waals surface area contributed by atoms with Crippen LogP contribution < -0.4 is 10.6 Å². The molecule has 0 saturated carbocycles. The Bertz CT molecular complexity index is 536. The minimum absolute atomic E-state index is 0.136. The number of hydrogen-bond donors (Lipinski definition) is 0. The fraction of sp³-hybridized carbons (Fsp3) is 0.250. The molecule has 1 nitrogen and oxygen atoms in total. The third kappa shape index (κ3) is 2.86. The fourth-order valence-corrected chi connectivity index (χ4v) is 2.97. The molecule has 0 fully saturated rings. The summed E-state index contributed by atoms with van der Waals surface area (Å²) in [6.07, 6.45) is 0. The lowest BCUT2D eigenvalue weighted by Crippen LogP contribution is -2.13. The molecule has 0 saturated heterocycles. The Morgan fingerprint density at radius 2 is 1.28 bits per heavy atom. The van der Waals surface area contributed by atoms with Crippen LogP contribution in [0.15, 0.2) is 54.6 Å². The first-order valence-corrected chi connectivity index (χ1v) is 7.37. The first-order valence-electron chi connectivity index (χ1n) is 6.11. The van der Waals surface area contributed by atoms with Crippen molar-refractivity contribution in [2.75, 3.05) is 0 Å². The Labute approximate surface area is 110 Å². The highest BCUT2D eigenvalue weighted by atomic mass is 31.1. The lowest BCUT2D eigenvalue weighted by atomic mass is 9.87. The van der Waals surface area contributed by atoms with Crippen molar-refractivity contribution >= 4 is 18.4 Å². The Morgan fingerprint density at radius 1 is 0.778 bits per heavy atom. The van der Waals surface area contributed by atoms with E-state index >= 15 is 0 Å². The molecule has 1 atom stereocenters. The van der Waals surface area contributed by atoms with E-state index in [9.17, 15) is 4.57 Å². The molecule has 0 bridgehead atoms. The summed E-state index contributed by atoms with van der Waals surface area (Å²) in [4.78, 5) is 0. The molecule has 2 aromatic carbocycles. The van der Waals surface area contributed by atoms with Crippen molar-refractivity contribution < 1.29 is 4.57 Å². The summed E-state index contributed by atoms with van der Waals surface area (Å²) < 4.78 is 12.4. The van der Waals surface area contributed by atoms with Gasteiger partial charge in [-0.15, -0.1) is 0 Å². The molecule has 0 N–H and O–H groups in total. The monoisotopic (exact) mass is 257 g/mol. The molecule has 2 rings (SSSR count). The summed E-state index contributed by atoms with van der Waals surface area (Å²) in [6, 6.07) is 17.7. The van der Waals surface area contributed by atoms with Crippen molar-refractivity contribution in [3.63, 3.8) is 0 Å². The number of benzene rings is 2. The molecule has 2 aromatic rings. The Kier molecular flexibility index (Phi) is 3.63. The zero-order valence-corrected chi connectivity index (χ0v) is 11.9. The standard InChI is InChI=1S/C16H18OP/c1-16(2,3)13-9-11-15(12-10-13)18(17)14-7-5-4-6-8-14/h4-12H,1-3H3/q+1. The number of rotatable bonds is 2. The van der Waals surface area contributed by atoms with Crippen molar-refractivity contribution in [3.05, 3.63) is 60.2 Å². The molecule has 0 aliphatic heterocycles. The second-order valence-corrected chi connectivity index (χ2v) is 7.05. The molecule has 0 radical (unpaired) electrons. The van der Waals surface area contributed by atoms with Gasteiger partial charge in [-0.1, -0.05) is 55.7 Å². The summed E-state index contributed by atoms with van der Waals surface area (Å²) in [6.45, 7) is 6.54. The predicted molar refractivity (Wildman–Crippen MR) is 78.5 cm³/mol. The first-order chi connectivity index (χ1) is 8.48. The van der Waals surface area contributed by atoms with Gasteiger partial charge in [-0.25, -0.2) is 0 Å². The topological polar surface area (TPSA) is 17.1 Å². The van der Waals surface area contributed by atoms with E-state index in [1.807, 2.05) is 42.5 Å². The summed E-state index contributed by atoms with van der Waals surface area (Å²) in [7, 11) is -1.47. The van der Waals surface area contributed by atoms with Crippen molar-refractivity contribution in [3.8, 4) is 0 Å². The van der Waals surface area contributed by atoms with Gasteiger partial charge in [-0.2, -0.15) is 0 Å². The van der Waals surface area contributed by atoms with Crippen molar-refractivity contribution in [1.82, 2.24) is 0 Å². The van der Waals surface area contributed by atoms with E-state index in [0.717, 1.165) is 10.6 Å². The predicted octanol–water partition coefficient (Wildman–Crippen LogP) is 3.76. The van der Waals surface area contributed by atoms with Gasteiger partial charge < -0.3 is 0 Å². The fourth-order valence-electron chi connectivity index (χ4n) is 1.81. The summed E-state index contributed by atoms with van der Waals surface area (Å²) >= 11 is 0. The molecule has 2 heteroatoms. The second kappa shape index (κ2) is 5.04. The van der Waals surface area contributed by atoms with Gasteiger partial charge >= 0.3 is 7.80 Å². The van der Waals surface area contributed by atoms with Crippen LogP contribution >= 0.6 is 7.80 Å². The first kappa shape index (κ1) is 13.0. The lowest BCUT2D eigenvalue weighted by Gasteiger charge is -2.18. The Balaban J connectivity index is 2.28. The van der Waals surface area contributed by atoms with Crippen LogP contribution in [0.3, 0.4) is 0 Å². The average Bonchev–Trinajstić information content (AvgIpc) is 2.38. The van der Waals surface area contributed by atoms with Crippen LogP contribution in [0.4, 0.5) is 0 Å². The van der Waals surface area contributed by atoms with E-state index < -0.39 is 7.80 Å². The van der Waals surface area contributed by atoms with Crippen molar-refractivity contribution in [2.45, 2.75) is 26.2 Å². The summed E-state index contributed by atoms with van der Waals surface area (Å²) in [5.74, 6) is 0. The molecule has 0 aliphatic carbocycles. The molecule has 0 heterocycles. The van der Waals surface area contributed by atoms with Crippen LogP contribution in [-0.2, 0) is 9.98 Å². The number of hydrogen-bond acceptors (Lipinski definition) is 1. The summed E-state index contributed by atoms with van der Waals surface area (Å²) in [5, 5.41) is 1.78. The van der Waals surface area contributed by atoms with Crippen LogP contribution in [0.2, 0.25) is 0 Å². The van der Waals surface area contributed by atoms with Gasteiger partial charge in [0, 0.05) is 0 Å². The third-order valence-corrected chi connectivity index (χ3v) is 4.49. The third-order valence-electron chi connectivity index (χ3n) is 2.96. The van der Waals surface area contributed by atoms with Crippen LogP contribution in [-0.4, -0.2) is 0 Å². The molecule has 18 heavy (non-hydrogen) atoms. The van der Waals surface area contributed by atoms with E-state index in [4.69, 9.17) is 0 Å². The van der Waals surface area contributed by atoms with E-state index in [2.05, 4.69) is 32.9 Å². The maximum atomic E-state index is 12.4. The smallest absolute Gasteiger partial charge is 0.0619 e. The Morgan fingerprint density at radius 3 is 1.78 bits per heavy atom. The van der Waals surface area contributed by atoms with E-state index in [1.165, 1.54) is 5.56 Å². The van der Waals surface area contributed by atoms with E-state index in [0.29, 0.717) is 0 Å². The largest absolute Gasteiger partial charge is 0.415 e. The molecule has 0 spiro atoms. The van der Waals surface area contributed by atoms with Gasteiger partial charge in [0.1, 0.15) is 0 Å². The molecule has 92 valence electrons. The highest BCUT2D eigenvalue weighted by molar-refractivity contribution is 7.61. The Hall–Kier alpha value is -1.46. The SMILES string of the molecule is CC(C)(C)c1ccc([P+](=O)c2ccccc2)cc1. The highest BCUT2D eigenvalue weighted by Gasteiger charge is 2.23. The zero-order valence-electron chi connectivity index (χ0n) is 11.1. The quantitative estimate of drug-likeness (QED) is 0.749. The maximum absolute atomic E-state index is 12.4. The minimum atomic E-state index is -1.47. The summed E-state index contributed by atoms with van der Waals surface area (Å²) in [5.41, 5.74) is 1.40. The van der Waals surface area contributed by atoms with Gasteiger partial charge in [0.25, 0.3) is 0 Å². The van der Waals surface area contributed by atoms with E-state index in [-0.39, 0.29) is 5.41 Å². The molecule has 1 unspecified atom stereocenters. The van der Waals surface area contributed by atoms with Gasteiger partial charge in [-0.05, 0) is 35.2 Å². The highest BCUT2D eigenvalue weighted by Crippen LogP contribution is 2.24. The molecular formula is C16H18OP+. The van der Waals surface area contributed by atoms with Gasteiger partial charge in [0.15, 0.2) is 10.6 Å². The van der Waals surface area contributed by atoms with Crippen LogP contribution in [0, 0.1) is 0 Å². The molecule has 0 aliphatic rings. The van der Waals surface area contributed by atoms with Gasteiger partial charge in [0.2, 0.25) is 0 Å². The molecular weight excluding hydrogens is 239 g/mol. The van der Waals surface area contributed by atoms with Gasteiger partial charge in [0.05, 0.1) is 0 Å². The van der Waals surface area contributed by atoms with Crippen LogP contribution in [0.5, 0.6) is 0 Å². The maximum Gasteiger partial charge on any atom is 0.415 e. The molecule has 0 aromatic heterocycles. The minimum Gasteiger partial charge on any atom is -0.0619 e. The lowest BCUT2D eigenvalue weighted by molar-refractivity contribution is 0.590. The van der Waals surface area contributed by atoms with E-state index in [1.54, 1.807) is 0 Å². The van der Waals surface area contributed by atoms with Crippen LogP contribution in [0.25, 0.3) is 0 Å².